The predicted octanol–water partition coefficient (Wildman–Crippen LogP) is 9.52. The average Bonchev–Trinajstić information content (AvgIpc) is 2.85. The summed E-state index contributed by atoms with van der Waals surface area (Å²) in [7, 11) is 0. The van der Waals surface area contributed by atoms with Crippen LogP contribution < -0.4 is 0 Å². The Hall–Kier alpha value is -0.480. The lowest BCUT2D eigenvalue weighted by Gasteiger charge is -2.05. The Labute approximate surface area is 226 Å². The molecule has 0 aliphatic carbocycles. The Balaban J connectivity index is 3.12. The molecule has 0 N–H and O–H groups in total. The molecule has 208 valence electrons. The minimum atomic E-state index is -0.0727. The van der Waals surface area contributed by atoms with Gasteiger partial charge in [0.15, 0.2) is 0 Å². The van der Waals surface area contributed by atoms with Crippen LogP contribution in [-0.4, -0.2) is 36.9 Å². The van der Waals surface area contributed by atoms with Gasteiger partial charge in [0.2, 0.25) is 0 Å². The summed E-state index contributed by atoms with van der Waals surface area (Å²) in [6.45, 7) is 1.15. The normalized spacial score (nSPS) is 11.0. The van der Waals surface area contributed by atoms with Crippen LogP contribution in [0.1, 0.15) is 148 Å². The van der Waals surface area contributed by atoms with Crippen LogP contribution in [0.3, 0.4) is 0 Å². The van der Waals surface area contributed by atoms with Gasteiger partial charge >= 0.3 is 11.9 Å². The highest BCUT2D eigenvalue weighted by molar-refractivity contribution is 6.18. The number of esters is 2. The van der Waals surface area contributed by atoms with Crippen molar-refractivity contribution in [3.63, 3.8) is 0 Å². The van der Waals surface area contributed by atoms with Crippen molar-refractivity contribution in [2.75, 3.05) is 25.0 Å². The van der Waals surface area contributed by atoms with Gasteiger partial charge in [0, 0.05) is 24.6 Å². The highest BCUT2D eigenvalue weighted by Crippen LogP contribution is 2.14. The molecule has 0 rings (SSSR count). The summed E-state index contributed by atoms with van der Waals surface area (Å²) in [6.07, 6.45) is 26.2. The molecular formula is C29H54Cl2O4. The molecule has 35 heavy (non-hydrogen) atoms. The van der Waals surface area contributed by atoms with E-state index in [1.54, 1.807) is 0 Å². The molecule has 0 amide bonds. The van der Waals surface area contributed by atoms with Crippen LogP contribution in [0.2, 0.25) is 0 Å². The Kier molecular flexibility index (Phi) is 29.3. The third kappa shape index (κ3) is 29.6. The number of rotatable bonds is 28. The van der Waals surface area contributed by atoms with E-state index in [2.05, 4.69) is 0 Å². The van der Waals surface area contributed by atoms with Crippen LogP contribution in [0.15, 0.2) is 0 Å². The number of unbranched alkanes of at least 4 members (excludes halogenated alkanes) is 18. The predicted molar refractivity (Wildman–Crippen MR) is 150 cm³/mol. The first kappa shape index (κ1) is 34.5. The summed E-state index contributed by atoms with van der Waals surface area (Å²) in [5, 5.41) is 0. The minimum absolute atomic E-state index is 0.0727. The van der Waals surface area contributed by atoms with Gasteiger partial charge in [-0.05, 0) is 38.5 Å². The number of halogens is 2. The Bertz CT molecular complexity index is 420. The van der Waals surface area contributed by atoms with E-state index in [-0.39, 0.29) is 11.9 Å². The summed E-state index contributed by atoms with van der Waals surface area (Å²) in [5.74, 6) is 1.09. The topological polar surface area (TPSA) is 52.6 Å². The standard InChI is InChI=1S/C29H54Cl2O4/c30-24-18-16-22-28(32)34-26-20-14-12-10-8-6-4-2-1-3-5-7-9-11-13-15-21-27-35-29(33)23-17-19-25-31/h1-27H2. The largest absolute Gasteiger partial charge is 0.466 e. The monoisotopic (exact) mass is 536 g/mol. The molecule has 0 atom stereocenters. The van der Waals surface area contributed by atoms with E-state index < -0.39 is 0 Å². The number of carbonyl (C=O) groups is 2. The first-order valence-corrected chi connectivity index (χ1v) is 15.7. The van der Waals surface area contributed by atoms with Gasteiger partial charge < -0.3 is 9.47 Å². The molecule has 0 saturated carbocycles. The Morgan fingerprint density at radius 3 is 0.886 bits per heavy atom. The fourth-order valence-corrected chi connectivity index (χ4v) is 4.48. The SMILES string of the molecule is O=C(CCCCCl)OCCCCCCCCCCCCCCCCCCCOC(=O)CCCCCl. The molecule has 4 nitrogen and oxygen atoms in total. The number of alkyl halides is 2. The van der Waals surface area contributed by atoms with Gasteiger partial charge in [-0.3, -0.25) is 9.59 Å². The van der Waals surface area contributed by atoms with Gasteiger partial charge in [-0.1, -0.05) is 96.3 Å². The third-order valence-corrected chi connectivity index (χ3v) is 6.88. The molecule has 0 aromatic heterocycles. The second kappa shape index (κ2) is 29.7. The fraction of sp³-hybridized carbons (Fsp3) is 0.931. The van der Waals surface area contributed by atoms with Crippen LogP contribution in [0.5, 0.6) is 0 Å². The lowest BCUT2D eigenvalue weighted by atomic mass is 10.0. The van der Waals surface area contributed by atoms with Crippen molar-refractivity contribution in [2.24, 2.45) is 0 Å². The minimum Gasteiger partial charge on any atom is -0.466 e. The molecule has 0 aromatic rings. The lowest BCUT2D eigenvalue weighted by Crippen LogP contribution is -2.05. The molecule has 0 unspecified atom stereocenters. The molecule has 6 heteroatoms. The number of carbonyl (C=O) groups excluding carboxylic acids is 2. The Morgan fingerprint density at radius 2 is 0.629 bits per heavy atom. The van der Waals surface area contributed by atoms with E-state index in [9.17, 15) is 9.59 Å². The van der Waals surface area contributed by atoms with Crippen molar-refractivity contribution in [1.82, 2.24) is 0 Å². The first-order valence-electron chi connectivity index (χ1n) is 14.6. The number of hydrogen-bond acceptors (Lipinski definition) is 4. The third-order valence-electron chi connectivity index (χ3n) is 6.34. The number of hydrogen-bond donors (Lipinski definition) is 0. The average molecular weight is 538 g/mol. The van der Waals surface area contributed by atoms with Gasteiger partial charge in [0.25, 0.3) is 0 Å². The van der Waals surface area contributed by atoms with Crippen molar-refractivity contribution < 1.29 is 19.1 Å². The zero-order chi connectivity index (χ0) is 25.7. The summed E-state index contributed by atoms with van der Waals surface area (Å²) in [4.78, 5) is 23.0. The van der Waals surface area contributed by atoms with Crippen LogP contribution in [0.4, 0.5) is 0 Å². The quantitative estimate of drug-likeness (QED) is 0.0566. The maximum Gasteiger partial charge on any atom is 0.305 e. The summed E-state index contributed by atoms with van der Waals surface area (Å²) < 4.78 is 10.5. The van der Waals surface area contributed by atoms with Crippen molar-refractivity contribution in [3.05, 3.63) is 0 Å². The maximum absolute atomic E-state index is 11.5. The highest BCUT2D eigenvalue weighted by Gasteiger charge is 2.03. The number of ether oxygens (including phenoxy) is 2. The lowest BCUT2D eigenvalue weighted by molar-refractivity contribution is -0.144. The van der Waals surface area contributed by atoms with E-state index in [4.69, 9.17) is 32.7 Å². The summed E-state index contributed by atoms with van der Waals surface area (Å²) in [6, 6.07) is 0. The van der Waals surface area contributed by atoms with Crippen LogP contribution in [0, 0.1) is 0 Å². The zero-order valence-corrected chi connectivity index (χ0v) is 24.0. The van der Waals surface area contributed by atoms with Crippen LogP contribution in [0.25, 0.3) is 0 Å². The van der Waals surface area contributed by atoms with E-state index in [0.717, 1.165) is 51.4 Å². The summed E-state index contributed by atoms with van der Waals surface area (Å²) in [5.41, 5.74) is 0. The van der Waals surface area contributed by atoms with Crippen molar-refractivity contribution >= 4 is 35.1 Å². The van der Waals surface area contributed by atoms with Crippen molar-refractivity contribution in [2.45, 2.75) is 148 Å². The van der Waals surface area contributed by atoms with Crippen molar-refractivity contribution in [1.29, 1.82) is 0 Å². The molecular weight excluding hydrogens is 483 g/mol. The van der Waals surface area contributed by atoms with Gasteiger partial charge in [-0.15, -0.1) is 23.2 Å². The molecule has 0 aromatic carbocycles. The van der Waals surface area contributed by atoms with Gasteiger partial charge in [0.05, 0.1) is 13.2 Å². The van der Waals surface area contributed by atoms with E-state index in [1.807, 2.05) is 0 Å². The molecule has 0 aliphatic heterocycles. The second-order valence-electron chi connectivity index (χ2n) is 9.74. The van der Waals surface area contributed by atoms with E-state index in [0.29, 0.717) is 37.8 Å². The summed E-state index contributed by atoms with van der Waals surface area (Å²) >= 11 is 11.2. The molecule has 0 heterocycles. The molecule has 0 saturated heterocycles. The van der Waals surface area contributed by atoms with Gasteiger partial charge in [-0.2, -0.15) is 0 Å². The first-order chi connectivity index (χ1) is 17.2. The smallest absolute Gasteiger partial charge is 0.305 e. The van der Waals surface area contributed by atoms with E-state index in [1.165, 1.54) is 83.5 Å². The van der Waals surface area contributed by atoms with Crippen LogP contribution in [-0.2, 0) is 19.1 Å². The van der Waals surface area contributed by atoms with Gasteiger partial charge in [0.1, 0.15) is 0 Å². The molecule has 0 fully saturated rings. The fourth-order valence-electron chi connectivity index (χ4n) is 4.10. The highest BCUT2D eigenvalue weighted by atomic mass is 35.5. The Morgan fingerprint density at radius 1 is 0.371 bits per heavy atom. The second-order valence-corrected chi connectivity index (χ2v) is 10.5. The maximum atomic E-state index is 11.5. The van der Waals surface area contributed by atoms with Crippen molar-refractivity contribution in [3.8, 4) is 0 Å². The van der Waals surface area contributed by atoms with E-state index >= 15 is 0 Å². The molecule has 0 radical (unpaired) electrons. The molecule has 0 bridgehead atoms. The molecule has 0 spiro atoms. The molecule has 0 aliphatic rings. The zero-order valence-electron chi connectivity index (χ0n) is 22.5. The van der Waals surface area contributed by atoms with Gasteiger partial charge in [-0.25, -0.2) is 0 Å². The van der Waals surface area contributed by atoms with Crippen LogP contribution >= 0.6 is 23.2 Å².